The van der Waals surface area contributed by atoms with Crippen molar-refractivity contribution < 1.29 is 9.47 Å². The molecule has 0 N–H and O–H groups in total. The van der Waals surface area contributed by atoms with Gasteiger partial charge in [0.15, 0.2) is 0 Å². The molecule has 2 aliphatic heterocycles. The molecule has 102 heavy (non-hydrogen) atoms. The second-order valence-corrected chi connectivity index (χ2v) is 27.0. The molecule has 0 bridgehead atoms. The van der Waals surface area contributed by atoms with Crippen LogP contribution in [-0.2, 0) is 10.8 Å². The van der Waals surface area contributed by atoms with Crippen LogP contribution in [0.25, 0.3) is 77.9 Å². The van der Waals surface area contributed by atoms with Crippen molar-refractivity contribution in [2.75, 3.05) is 9.80 Å². The van der Waals surface area contributed by atoms with Crippen LogP contribution < -0.4 is 19.3 Å². The fourth-order valence-corrected chi connectivity index (χ4v) is 17.2. The van der Waals surface area contributed by atoms with E-state index in [-0.39, 0.29) is 0 Å². The summed E-state index contributed by atoms with van der Waals surface area (Å²) in [7, 11) is 0. The van der Waals surface area contributed by atoms with Gasteiger partial charge in [0.1, 0.15) is 23.0 Å². The predicted molar refractivity (Wildman–Crippen MR) is 418 cm³/mol. The Balaban J connectivity index is 0.645. The molecule has 0 amide bonds. The number of benzene rings is 16. The number of fused-ring (bicyclic) bond motifs is 18. The third kappa shape index (κ3) is 9.16. The molecule has 0 aromatic heterocycles. The average Bonchev–Trinajstić information content (AvgIpc) is 1.51. The van der Waals surface area contributed by atoms with E-state index in [1.165, 1.54) is 55.6 Å². The first-order chi connectivity index (χ1) is 50.6. The van der Waals surface area contributed by atoms with Crippen molar-refractivity contribution in [1.29, 1.82) is 0 Å². The monoisotopic (exact) mass is 1300 g/mol. The van der Waals surface area contributed by atoms with Crippen LogP contribution in [-0.4, -0.2) is 0 Å². The lowest BCUT2D eigenvalue weighted by molar-refractivity contribution is 0.436. The highest BCUT2D eigenvalue weighted by Crippen LogP contribution is 2.65. The summed E-state index contributed by atoms with van der Waals surface area (Å²) in [5.74, 6) is 3.52. The Labute approximate surface area is 594 Å². The van der Waals surface area contributed by atoms with E-state index in [2.05, 4.69) is 398 Å². The summed E-state index contributed by atoms with van der Waals surface area (Å²) in [6.45, 7) is 0. The number of hydrogen-bond donors (Lipinski definition) is 0. The summed E-state index contributed by atoms with van der Waals surface area (Å²) in [5.41, 5.74) is 31.2. The SMILES string of the molecule is c1ccc(-c2ccc(N(c3cccc(-c4ccc(-c5cccc(-c6ccc(N(c7ccc8c(c7)C7(c9ccccc9Oc9ccccc97)c7ccccc7-8)c7ccccc7-c7ccccc7)cc6)c5)cc4)c3)c3ccc4c(c3)-c3ccccc3C43c4ccccc4Oc4ccccc43)cc2)cc1. The Morgan fingerprint density at radius 2 is 0.500 bits per heavy atom. The summed E-state index contributed by atoms with van der Waals surface area (Å²) >= 11 is 0. The van der Waals surface area contributed by atoms with Gasteiger partial charge < -0.3 is 19.3 Å². The molecule has 2 aliphatic carbocycles. The lowest BCUT2D eigenvalue weighted by Crippen LogP contribution is -2.32. The van der Waals surface area contributed by atoms with Crippen LogP contribution >= 0.6 is 0 Å². The number of hydrogen-bond acceptors (Lipinski definition) is 4. The maximum atomic E-state index is 6.75. The van der Waals surface area contributed by atoms with Gasteiger partial charge in [-0.1, -0.05) is 291 Å². The van der Waals surface area contributed by atoms with Gasteiger partial charge in [-0.2, -0.15) is 0 Å². The molecule has 0 atom stereocenters. The van der Waals surface area contributed by atoms with E-state index in [4.69, 9.17) is 9.47 Å². The molecule has 16 aromatic carbocycles. The molecule has 16 aromatic rings. The zero-order valence-electron chi connectivity index (χ0n) is 55.7. The Kier molecular flexibility index (Phi) is 13.7. The van der Waals surface area contributed by atoms with Crippen molar-refractivity contribution in [2.45, 2.75) is 10.8 Å². The number of rotatable bonds is 11. The Bertz CT molecular complexity index is 5870. The zero-order chi connectivity index (χ0) is 67.3. The van der Waals surface area contributed by atoms with Gasteiger partial charge in [0.05, 0.1) is 16.5 Å². The third-order valence-corrected chi connectivity index (χ3v) is 21.6. The van der Waals surface area contributed by atoms with Crippen molar-refractivity contribution in [3.8, 4) is 101 Å². The fraction of sp³-hybridized carbons (Fsp3) is 0.0204. The van der Waals surface area contributed by atoms with Crippen molar-refractivity contribution in [3.63, 3.8) is 0 Å². The van der Waals surface area contributed by atoms with E-state index >= 15 is 0 Å². The van der Waals surface area contributed by atoms with Gasteiger partial charge in [0.2, 0.25) is 0 Å². The van der Waals surface area contributed by atoms with E-state index in [1.807, 2.05) is 0 Å². The quantitative estimate of drug-likeness (QED) is 0.129. The first-order valence-electron chi connectivity index (χ1n) is 35.1. The van der Waals surface area contributed by atoms with Gasteiger partial charge >= 0.3 is 0 Å². The molecule has 0 saturated carbocycles. The predicted octanol–water partition coefficient (Wildman–Crippen LogP) is 25.9. The number of para-hydroxylation sites is 5. The van der Waals surface area contributed by atoms with E-state index in [0.717, 1.165) is 124 Å². The van der Waals surface area contributed by atoms with Crippen molar-refractivity contribution in [1.82, 2.24) is 0 Å². The Morgan fingerprint density at radius 1 is 0.167 bits per heavy atom. The van der Waals surface area contributed by atoms with E-state index in [9.17, 15) is 0 Å². The molecule has 0 fully saturated rings. The van der Waals surface area contributed by atoms with Gasteiger partial charge in [-0.25, -0.2) is 0 Å². The Hall–Kier alpha value is -13.3. The molecule has 478 valence electrons. The van der Waals surface area contributed by atoms with Crippen LogP contribution in [0.1, 0.15) is 44.5 Å². The van der Waals surface area contributed by atoms with Crippen molar-refractivity contribution >= 4 is 34.1 Å². The number of nitrogens with zero attached hydrogens (tertiary/aromatic N) is 2. The van der Waals surface area contributed by atoms with E-state index in [0.29, 0.717) is 0 Å². The smallest absolute Gasteiger partial charge is 0.132 e. The lowest BCUT2D eigenvalue weighted by atomic mass is 9.66. The first kappa shape index (κ1) is 58.8. The first-order valence-corrected chi connectivity index (χ1v) is 35.1. The highest BCUT2D eigenvalue weighted by molar-refractivity contribution is 5.96. The lowest BCUT2D eigenvalue weighted by Gasteiger charge is -2.39. The molecule has 4 nitrogen and oxygen atoms in total. The molecule has 2 heterocycles. The van der Waals surface area contributed by atoms with Crippen molar-refractivity contribution in [2.24, 2.45) is 0 Å². The fourth-order valence-electron chi connectivity index (χ4n) is 17.2. The highest BCUT2D eigenvalue weighted by atomic mass is 16.5. The van der Waals surface area contributed by atoms with Gasteiger partial charge in [0.25, 0.3) is 0 Å². The maximum absolute atomic E-state index is 6.75. The van der Waals surface area contributed by atoms with Gasteiger partial charge in [-0.05, 0) is 192 Å². The molecule has 0 unspecified atom stereocenters. The molecule has 0 radical (unpaired) electrons. The second kappa shape index (κ2) is 23.7. The largest absolute Gasteiger partial charge is 0.457 e. The minimum atomic E-state index is -0.615. The van der Waals surface area contributed by atoms with E-state index < -0.39 is 10.8 Å². The minimum Gasteiger partial charge on any atom is -0.457 e. The second-order valence-electron chi connectivity index (χ2n) is 27.0. The summed E-state index contributed by atoms with van der Waals surface area (Å²) in [5, 5.41) is 0. The van der Waals surface area contributed by atoms with Crippen molar-refractivity contribution in [3.05, 3.63) is 433 Å². The number of ether oxygens (including phenoxy) is 2. The molecule has 4 aliphatic rings. The topological polar surface area (TPSA) is 24.9 Å². The molecule has 0 saturated heterocycles. The maximum Gasteiger partial charge on any atom is 0.132 e. The summed E-state index contributed by atoms with van der Waals surface area (Å²) < 4.78 is 13.4. The summed E-state index contributed by atoms with van der Waals surface area (Å²) in [6, 6.07) is 142. The molecular weight excluding hydrogens is 1240 g/mol. The van der Waals surface area contributed by atoms with Crippen LogP contribution in [0.2, 0.25) is 0 Å². The van der Waals surface area contributed by atoms with Gasteiger partial charge in [0, 0.05) is 56.3 Å². The third-order valence-electron chi connectivity index (χ3n) is 21.6. The summed E-state index contributed by atoms with van der Waals surface area (Å²) in [4.78, 5) is 4.86. The Morgan fingerprint density at radius 3 is 1.05 bits per heavy atom. The van der Waals surface area contributed by atoms with Gasteiger partial charge in [-0.3, -0.25) is 0 Å². The normalized spacial score (nSPS) is 13.2. The highest BCUT2D eigenvalue weighted by Gasteiger charge is 2.53. The van der Waals surface area contributed by atoms with Crippen LogP contribution in [0, 0.1) is 0 Å². The summed E-state index contributed by atoms with van der Waals surface area (Å²) in [6.07, 6.45) is 0. The zero-order valence-corrected chi connectivity index (χ0v) is 55.7. The van der Waals surface area contributed by atoms with Crippen LogP contribution in [0.5, 0.6) is 23.0 Å². The van der Waals surface area contributed by atoms with Gasteiger partial charge in [-0.15, -0.1) is 0 Å². The standard InChI is InChI=1S/C98H64N2O2/c1-3-23-65(24-4-1)66-49-53-74(54-50-66)99(77-58-60-86-83(63-77)81-33-8-11-35-85(81)97(86)87-36-12-17-41-93(87)101-94-42-18-13-37-88(94)97)76-30-22-29-73(62-76)68-47-45-67(46-48-68)71-27-21-28-72(61-71)69-51-55-75(56-52-69)100(92-40-16-9-31-79(92)70-25-5-2-6-26-70)78-57-59-82-80-32-7-10-34-84(80)98(91(82)64-78)89-38-14-19-43-95(89)102-96-44-20-15-39-90(96)98/h1-64H. The molecular formula is C98H64N2O2. The van der Waals surface area contributed by atoms with E-state index in [1.54, 1.807) is 0 Å². The molecule has 2 spiro atoms. The van der Waals surface area contributed by atoms with Crippen LogP contribution in [0.3, 0.4) is 0 Å². The van der Waals surface area contributed by atoms with Crippen LogP contribution in [0.4, 0.5) is 34.1 Å². The van der Waals surface area contributed by atoms with Crippen LogP contribution in [0.15, 0.2) is 388 Å². The molecule has 20 rings (SSSR count). The average molecular weight is 1300 g/mol. The number of anilines is 6. The molecule has 4 heteroatoms. The minimum absolute atomic E-state index is 0.559.